The van der Waals surface area contributed by atoms with E-state index in [1.807, 2.05) is 0 Å². The second-order valence-corrected chi connectivity index (χ2v) is 4.34. The summed E-state index contributed by atoms with van der Waals surface area (Å²) in [5, 5.41) is 0.833. The van der Waals surface area contributed by atoms with Gasteiger partial charge in [-0.05, 0) is 6.42 Å². The van der Waals surface area contributed by atoms with E-state index in [0.29, 0.717) is 19.6 Å². The van der Waals surface area contributed by atoms with E-state index < -0.39 is 12.8 Å². The summed E-state index contributed by atoms with van der Waals surface area (Å²) in [6.45, 7) is 1.93. The first kappa shape index (κ1) is 17.2. The molecule has 0 saturated carbocycles. The first-order valence-corrected chi connectivity index (χ1v) is 6.53. The van der Waals surface area contributed by atoms with Crippen LogP contribution < -0.4 is 0 Å². The van der Waals surface area contributed by atoms with E-state index in [4.69, 9.17) is 4.74 Å². The van der Waals surface area contributed by atoms with Gasteiger partial charge in [0.2, 0.25) is 0 Å². The number of nitrogens with zero attached hydrogens (tertiary/aromatic N) is 1. The molecule has 0 fully saturated rings. The summed E-state index contributed by atoms with van der Waals surface area (Å²) in [6, 6.07) is 0. The summed E-state index contributed by atoms with van der Waals surface area (Å²) in [4.78, 5) is 2.12. The van der Waals surface area contributed by atoms with Crippen LogP contribution in [0.3, 0.4) is 0 Å². The van der Waals surface area contributed by atoms with E-state index >= 15 is 0 Å². The Morgan fingerprint density at radius 1 is 1.12 bits per heavy atom. The number of halogens is 4. The van der Waals surface area contributed by atoms with Gasteiger partial charge in [0.05, 0.1) is 6.61 Å². The van der Waals surface area contributed by atoms with E-state index in [-0.39, 0.29) is 6.61 Å². The minimum atomic E-state index is -4.23. The Hall–Kier alpha value is 0.150. The van der Waals surface area contributed by atoms with Crippen LogP contribution in [0.15, 0.2) is 0 Å². The van der Waals surface area contributed by atoms with Gasteiger partial charge in [0.15, 0.2) is 0 Å². The summed E-state index contributed by atoms with van der Waals surface area (Å²) in [5.74, 6) is 0. The highest BCUT2D eigenvalue weighted by atomic mass is 79.9. The lowest BCUT2D eigenvalue weighted by Gasteiger charge is -2.20. The van der Waals surface area contributed by atoms with E-state index in [9.17, 15) is 13.2 Å². The summed E-state index contributed by atoms with van der Waals surface area (Å²) >= 11 is 3.33. The van der Waals surface area contributed by atoms with E-state index in [1.54, 1.807) is 7.11 Å². The maximum atomic E-state index is 11.8. The zero-order chi connectivity index (χ0) is 13.1. The largest absolute Gasteiger partial charge is 0.411 e. The molecule has 0 N–H and O–H groups in total. The van der Waals surface area contributed by atoms with Crippen molar-refractivity contribution < 1.29 is 22.6 Å². The Morgan fingerprint density at radius 3 is 2.35 bits per heavy atom. The summed E-state index contributed by atoms with van der Waals surface area (Å²) < 4.78 is 44.8. The molecule has 104 valence electrons. The van der Waals surface area contributed by atoms with Crippen LogP contribution in [0.2, 0.25) is 0 Å². The molecule has 3 nitrogen and oxygen atoms in total. The molecule has 0 radical (unpaired) electrons. The van der Waals surface area contributed by atoms with E-state index in [1.165, 1.54) is 0 Å². The van der Waals surface area contributed by atoms with Gasteiger partial charge in [0.1, 0.15) is 6.61 Å². The zero-order valence-electron chi connectivity index (χ0n) is 9.93. The van der Waals surface area contributed by atoms with Crippen molar-refractivity contribution in [1.29, 1.82) is 0 Å². The van der Waals surface area contributed by atoms with Crippen molar-refractivity contribution in [3.05, 3.63) is 0 Å². The lowest BCUT2D eigenvalue weighted by Crippen LogP contribution is -2.31. The van der Waals surface area contributed by atoms with Crippen LogP contribution in [0.1, 0.15) is 6.42 Å². The van der Waals surface area contributed by atoms with Gasteiger partial charge in [-0.1, -0.05) is 15.9 Å². The third-order valence-electron chi connectivity index (χ3n) is 2.04. The standard InChI is InChI=1S/C10H19BrF3NO2/c1-16-8-6-15(5-3-11)4-2-7-17-9-10(12,13)14/h2-9H2,1H3. The molecule has 0 aliphatic carbocycles. The number of hydrogen-bond acceptors (Lipinski definition) is 3. The normalized spacial score (nSPS) is 12.4. The monoisotopic (exact) mass is 321 g/mol. The molecule has 0 bridgehead atoms. The number of alkyl halides is 4. The molecule has 17 heavy (non-hydrogen) atoms. The Morgan fingerprint density at radius 2 is 1.82 bits per heavy atom. The highest BCUT2D eigenvalue weighted by Crippen LogP contribution is 2.14. The first-order valence-electron chi connectivity index (χ1n) is 5.41. The van der Waals surface area contributed by atoms with Crippen LogP contribution >= 0.6 is 15.9 Å². The lowest BCUT2D eigenvalue weighted by molar-refractivity contribution is -0.174. The topological polar surface area (TPSA) is 21.7 Å². The van der Waals surface area contributed by atoms with Gasteiger partial charge < -0.3 is 14.4 Å². The second-order valence-electron chi connectivity index (χ2n) is 3.54. The number of ether oxygens (including phenoxy) is 2. The number of hydrogen-bond donors (Lipinski definition) is 0. The molecule has 0 rings (SSSR count). The third-order valence-corrected chi connectivity index (χ3v) is 2.40. The first-order chi connectivity index (χ1) is 7.99. The highest BCUT2D eigenvalue weighted by molar-refractivity contribution is 9.09. The summed E-state index contributed by atoms with van der Waals surface area (Å²) in [5.41, 5.74) is 0. The molecule has 0 aliphatic rings. The predicted octanol–water partition coefficient (Wildman–Crippen LogP) is 2.30. The predicted molar refractivity (Wildman–Crippen MR) is 63.6 cm³/mol. The average molecular weight is 322 g/mol. The van der Waals surface area contributed by atoms with Crippen molar-refractivity contribution in [2.24, 2.45) is 0 Å². The van der Waals surface area contributed by atoms with Crippen molar-refractivity contribution in [3.8, 4) is 0 Å². The minimum absolute atomic E-state index is 0.130. The zero-order valence-corrected chi connectivity index (χ0v) is 11.5. The van der Waals surface area contributed by atoms with Crippen LogP contribution in [0.25, 0.3) is 0 Å². The van der Waals surface area contributed by atoms with Gasteiger partial charge in [-0.15, -0.1) is 0 Å². The SMILES string of the molecule is COCCN(CCBr)CCCOCC(F)(F)F. The quantitative estimate of drug-likeness (QED) is 0.455. The Labute approximate surface area is 108 Å². The van der Waals surface area contributed by atoms with Crippen molar-refractivity contribution in [1.82, 2.24) is 4.90 Å². The second kappa shape index (κ2) is 10.1. The van der Waals surface area contributed by atoms with E-state index in [0.717, 1.165) is 18.4 Å². The van der Waals surface area contributed by atoms with Crippen LogP contribution in [-0.4, -0.2) is 63.0 Å². The van der Waals surface area contributed by atoms with Crippen molar-refractivity contribution in [3.63, 3.8) is 0 Å². The van der Waals surface area contributed by atoms with Crippen LogP contribution in [0.5, 0.6) is 0 Å². The Balaban J connectivity index is 3.53. The van der Waals surface area contributed by atoms with Crippen LogP contribution in [0.4, 0.5) is 13.2 Å². The van der Waals surface area contributed by atoms with Crippen molar-refractivity contribution in [2.45, 2.75) is 12.6 Å². The van der Waals surface area contributed by atoms with Gasteiger partial charge in [0, 0.05) is 38.7 Å². The molecule has 0 atom stereocenters. The molecule has 0 saturated heterocycles. The van der Waals surface area contributed by atoms with Gasteiger partial charge in [-0.2, -0.15) is 13.2 Å². The Kier molecular flexibility index (Phi) is 10.2. The van der Waals surface area contributed by atoms with Crippen molar-refractivity contribution >= 4 is 15.9 Å². The van der Waals surface area contributed by atoms with Crippen molar-refractivity contribution in [2.75, 3.05) is 51.9 Å². The van der Waals surface area contributed by atoms with Gasteiger partial charge in [0.25, 0.3) is 0 Å². The number of rotatable bonds is 10. The molecular weight excluding hydrogens is 303 g/mol. The van der Waals surface area contributed by atoms with Gasteiger partial charge in [-0.3, -0.25) is 0 Å². The molecule has 0 spiro atoms. The smallest absolute Gasteiger partial charge is 0.383 e. The molecule has 0 amide bonds. The number of methoxy groups -OCH3 is 1. The molecule has 0 aliphatic heterocycles. The molecule has 0 aromatic heterocycles. The van der Waals surface area contributed by atoms with Crippen LogP contribution in [-0.2, 0) is 9.47 Å². The molecule has 0 heterocycles. The van der Waals surface area contributed by atoms with E-state index in [2.05, 4.69) is 25.6 Å². The van der Waals surface area contributed by atoms with Crippen LogP contribution in [0, 0.1) is 0 Å². The lowest BCUT2D eigenvalue weighted by atomic mass is 10.4. The third kappa shape index (κ3) is 12.4. The summed E-state index contributed by atoms with van der Waals surface area (Å²) in [6.07, 6.45) is -3.64. The molecule has 0 aromatic rings. The fourth-order valence-electron chi connectivity index (χ4n) is 1.25. The maximum Gasteiger partial charge on any atom is 0.411 e. The fourth-order valence-corrected chi connectivity index (χ4v) is 1.75. The molecule has 0 aromatic carbocycles. The minimum Gasteiger partial charge on any atom is -0.383 e. The highest BCUT2D eigenvalue weighted by Gasteiger charge is 2.27. The van der Waals surface area contributed by atoms with Gasteiger partial charge in [-0.25, -0.2) is 0 Å². The maximum absolute atomic E-state index is 11.8. The molecular formula is C10H19BrF3NO2. The molecule has 0 unspecified atom stereocenters. The average Bonchev–Trinajstić information content (AvgIpc) is 2.23. The van der Waals surface area contributed by atoms with Gasteiger partial charge >= 0.3 is 6.18 Å². The summed E-state index contributed by atoms with van der Waals surface area (Å²) in [7, 11) is 1.62. The molecule has 7 heteroatoms. The fraction of sp³-hybridized carbons (Fsp3) is 1.00. The Bertz CT molecular complexity index is 181.